The summed E-state index contributed by atoms with van der Waals surface area (Å²) in [7, 11) is -2.50. The van der Waals surface area contributed by atoms with Crippen LogP contribution in [0.3, 0.4) is 0 Å². The molecule has 10 heteroatoms. The molecule has 2 heterocycles. The maximum absolute atomic E-state index is 12.2. The van der Waals surface area contributed by atoms with Crippen LogP contribution in [0.5, 0.6) is 0 Å². The second-order valence-electron chi connectivity index (χ2n) is 8.07. The van der Waals surface area contributed by atoms with Crippen molar-refractivity contribution >= 4 is 34.3 Å². The predicted molar refractivity (Wildman–Crippen MR) is 133 cm³/mol. The zero-order chi connectivity index (χ0) is 24.8. The minimum absolute atomic E-state index is 0.0173. The average Bonchev–Trinajstić information content (AvgIpc) is 3.40. The summed E-state index contributed by atoms with van der Waals surface area (Å²) < 4.78 is 28.0. The van der Waals surface area contributed by atoms with Crippen molar-refractivity contribution in [1.29, 1.82) is 0 Å². The van der Waals surface area contributed by atoms with E-state index in [1.165, 1.54) is 0 Å². The molecule has 0 saturated carbocycles. The minimum atomic E-state index is -2.50. The average molecular weight is 495 g/mol. The number of nitrogens with one attached hydrogen (secondary N) is 2. The highest BCUT2D eigenvalue weighted by molar-refractivity contribution is 7.71. The Labute approximate surface area is 204 Å². The molecule has 9 nitrogen and oxygen atoms in total. The number of ether oxygens (including phenoxy) is 1. The fourth-order valence-electron chi connectivity index (χ4n) is 3.80. The van der Waals surface area contributed by atoms with E-state index >= 15 is 0 Å². The van der Waals surface area contributed by atoms with Gasteiger partial charge in [-0.1, -0.05) is 43.3 Å². The second kappa shape index (κ2) is 11.1. The van der Waals surface area contributed by atoms with Crippen molar-refractivity contribution in [1.82, 2.24) is 9.99 Å². The van der Waals surface area contributed by atoms with Gasteiger partial charge in [-0.05, 0) is 41.8 Å². The molecular weight excluding hydrogens is 468 g/mol. The van der Waals surface area contributed by atoms with Gasteiger partial charge >= 0.3 is 0 Å². The van der Waals surface area contributed by atoms with Crippen LogP contribution < -0.4 is 5.32 Å². The monoisotopic (exact) mass is 494 g/mol. The first-order chi connectivity index (χ1) is 17.0. The molecule has 0 saturated heterocycles. The number of hydrogen-bond donors (Lipinski definition) is 3. The Bertz CT molecular complexity index is 1260. The number of H-pyrrole nitrogens is 1. The summed E-state index contributed by atoms with van der Waals surface area (Å²) in [4.78, 5) is 26.8. The summed E-state index contributed by atoms with van der Waals surface area (Å²) in [6.07, 6.45) is 1.83. The highest BCUT2D eigenvalue weighted by atomic mass is 32.2. The van der Waals surface area contributed by atoms with Crippen LogP contribution in [0, 0.1) is 0 Å². The molecule has 2 N–H and O–H groups in total. The number of aromatic nitrogens is 1. The number of anilines is 1. The van der Waals surface area contributed by atoms with Crippen molar-refractivity contribution in [3.8, 4) is 0 Å². The molecular formula is C25H26N4O5S. The molecule has 182 valence electrons. The maximum atomic E-state index is 12.2. The van der Waals surface area contributed by atoms with Gasteiger partial charge in [-0.25, -0.2) is 8.42 Å². The van der Waals surface area contributed by atoms with E-state index in [0.717, 1.165) is 17.4 Å². The smallest absolute Gasteiger partial charge is 0.272 e. The molecule has 4 rings (SSSR count). The number of aromatic amines is 1. The van der Waals surface area contributed by atoms with E-state index in [2.05, 4.69) is 10.3 Å². The Balaban J connectivity index is 1.52. The first-order valence-corrected chi connectivity index (χ1v) is 12.5. The van der Waals surface area contributed by atoms with Crippen molar-refractivity contribution in [2.45, 2.75) is 38.0 Å². The van der Waals surface area contributed by atoms with Crippen molar-refractivity contribution < 1.29 is 22.7 Å². The second-order valence-corrected chi connectivity index (χ2v) is 9.05. The SMILES string of the molecule is CCC1OC(C=O)N(Cc2ccc(NC(=O)c3ccc[nH]3)cc2)N=C1c1ccc(C[SH](=O)=O)cc1. The topological polar surface area (TPSA) is 121 Å². The first kappa shape index (κ1) is 24.4. The van der Waals surface area contributed by atoms with Crippen molar-refractivity contribution in [3.63, 3.8) is 0 Å². The molecule has 35 heavy (non-hydrogen) atoms. The molecule has 0 fully saturated rings. The van der Waals surface area contributed by atoms with E-state index in [9.17, 15) is 18.0 Å². The standard InChI is InChI=1S/C25H26N4O5S/c1-2-22-24(19-9-5-18(6-10-19)16-35(32)33)28-29(23(15-30)34-22)14-17-7-11-20(12-8-17)27-25(31)21-4-3-13-26-21/h3-13,15,22-23,26,35H,2,14,16H2,1H3,(H,27,31). The van der Waals surface area contributed by atoms with Crippen LogP contribution in [-0.2, 0) is 32.5 Å². The Morgan fingerprint density at radius 1 is 1.11 bits per heavy atom. The molecule has 0 aliphatic carbocycles. The molecule has 2 aromatic carbocycles. The van der Waals surface area contributed by atoms with E-state index in [1.54, 1.807) is 47.6 Å². The number of nitrogens with zero attached hydrogens (tertiary/aromatic N) is 2. The maximum Gasteiger partial charge on any atom is 0.272 e. The van der Waals surface area contributed by atoms with Crippen molar-refractivity contribution in [2.75, 3.05) is 5.32 Å². The van der Waals surface area contributed by atoms with Gasteiger partial charge in [-0.3, -0.25) is 14.6 Å². The molecule has 1 aromatic heterocycles. The molecule has 1 aliphatic heterocycles. The number of carbonyl (C=O) groups is 2. The molecule has 3 aromatic rings. The highest BCUT2D eigenvalue weighted by Gasteiger charge is 2.31. The third-order valence-corrected chi connectivity index (χ3v) is 6.21. The number of thiol groups is 1. The predicted octanol–water partition coefficient (Wildman–Crippen LogP) is 2.92. The molecule has 2 atom stereocenters. The number of hydrazone groups is 1. The first-order valence-electron chi connectivity index (χ1n) is 11.2. The van der Waals surface area contributed by atoms with Gasteiger partial charge in [-0.15, -0.1) is 0 Å². The van der Waals surface area contributed by atoms with E-state index in [1.807, 2.05) is 31.2 Å². The van der Waals surface area contributed by atoms with Crippen molar-refractivity contribution in [2.24, 2.45) is 5.10 Å². The van der Waals surface area contributed by atoms with Gasteiger partial charge in [0, 0.05) is 17.4 Å². The third kappa shape index (κ3) is 6.03. The number of carbonyl (C=O) groups excluding carboxylic acids is 2. The molecule has 1 amide bonds. The molecule has 0 spiro atoms. The summed E-state index contributed by atoms with van der Waals surface area (Å²) in [6, 6.07) is 17.9. The van der Waals surface area contributed by atoms with E-state index in [-0.39, 0.29) is 17.8 Å². The number of amides is 1. The number of aldehydes is 1. The van der Waals surface area contributed by atoms with Gasteiger partial charge in [0.1, 0.15) is 22.5 Å². The van der Waals surface area contributed by atoms with Gasteiger partial charge in [0.25, 0.3) is 5.91 Å². The summed E-state index contributed by atoms with van der Waals surface area (Å²) in [5, 5.41) is 9.16. The lowest BCUT2D eigenvalue weighted by molar-refractivity contribution is -0.139. The summed E-state index contributed by atoms with van der Waals surface area (Å²) >= 11 is 0. The van der Waals surface area contributed by atoms with Crippen LogP contribution in [0.2, 0.25) is 0 Å². The number of rotatable bonds is 9. The molecule has 0 radical (unpaired) electrons. The van der Waals surface area contributed by atoms with E-state index in [4.69, 9.17) is 9.84 Å². The number of hydrogen-bond acceptors (Lipinski definition) is 7. The summed E-state index contributed by atoms with van der Waals surface area (Å²) in [5.74, 6) is -0.252. The quantitative estimate of drug-likeness (QED) is 0.311. The summed E-state index contributed by atoms with van der Waals surface area (Å²) in [5.41, 5.74) is 4.17. The largest absolute Gasteiger partial charge is 0.357 e. The lowest BCUT2D eigenvalue weighted by atomic mass is 10.0. The van der Waals surface area contributed by atoms with Crippen LogP contribution in [0.4, 0.5) is 5.69 Å². The molecule has 0 bridgehead atoms. The van der Waals surface area contributed by atoms with Gasteiger partial charge in [0.05, 0.1) is 18.0 Å². The van der Waals surface area contributed by atoms with Crippen LogP contribution in [-0.4, -0.2) is 48.6 Å². The zero-order valence-corrected chi connectivity index (χ0v) is 20.0. The highest BCUT2D eigenvalue weighted by Crippen LogP contribution is 2.23. The summed E-state index contributed by atoms with van der Waals surface area (Å²) in [6.45, 7) is 2.28. The normalized spacial score (nSPS) is 17.8. The Morgan fingerprint density at radius 3 is 2.43 bits per heavy atom. The fourth-order valence-corrected chi connectivity index (χ4v) is 4.31. The van der Waals surface area contributed by atoms with Gasteiger partial charge in [-0.2, -0.15) is 5.10 Å². The lowest BCUT2D eigenvalue weighted by Crippen LogP contribution is -2.45. The van der Waals surface area contributed by atoms with Crippen LogP contribution in [0.1, 0.15) is 40.5 Å². The zero-order valence-electron chi connectivity index (χ0n) is 19.1. The van der Waals surface area contributed by atoms with Crippen LogP contribution >= 0.6 is 0 Å². The van der Waals surface area contributed by atoms with Gasteiger partial charge in [0.2, 0.25) is 6.23 Å². The third-order valence-electron chi connectivity index (χ3n) is 5.59. The van der Waals surface area contributed by atoms with E-state index < -0.39 is 16.9 Å². The molecule has 1 aliphatic rings. The lowest BCUT2D eigenvalue weighted by Gasteiger charge is -2.35. The molecule has 2 unspecified atom stereocenters. The van der Waals surface area contributed by atoms with Crippen LogP contribution in [0.25, 0.3) is 0 Å². The van der Waals surface area contributed by atoms with E-state index in [0.29, 0.717) is 35.6 Å². The van der Waals surface area contributed by atoms with Crippen molar-refractivity contribution in [3.05, 3.63) is 89.2 Å². The fraction of sp³-hybridized carbons (Fsp3) is 0.240. The Morgan fingerprint density at radius 2 is 1.83 bits per heavy atom. The minimum Gasteiger partial charge on any atom is -0.357 e. The van der Waals surface area contributed by atoms with Crippen LogP contribution in [0.15, 0.2) is 72.0 Å². The van der Waals surface area contributed by atoms with Gasteiger partial charge in [0.15, 0.2) is 6.29 Å². The Kier molecular flexibility index (Phi) is 7.74. The Hall–Kier alpha value is -3.76. The number of benzene rings is 2. The van der Waals surface area contributed by atoms with Gasteiger partial charge < -0.3 is 15.0 Å².